The van der Waals surface area contributed by atoms with E-state index in [1.165, 1.54) is 13.3 Å². The third kappa shape index (κ3) is 5.67. The molecule has 5 heteroatoms. The van der Waals surface area contributed by atoms with E-state index in [4.69, 9.17) is 4.74 Å². The monoisotopic (exact) mass is 310 g/mol. The molecular weight excluding hydrogens is 292 g/mol. The molecule has 0 atom stereocenters. The Morgan fingerprint density at radius 3 is 2.65 bits per heavy atom. The van der Waals surface area contributed by atoms with Gasteiger partial charge in [0.1, 0.15) is 12.4 Å². The molecule has 0 spiro atoms. The fraction of sp³-hybridized carbons (Fsp3) is 0.111. The van der Waals surface area contributed by atoms with Crippen LogP contribution in [-0.2, 0) is 4.74 Å². The number of benzene rings is 2. The van der Waals surface area contributed by atoms with Crippen molar-refractivity contribution < 1.29 is 14.3 Å². The Morgan fingerprint density at radius 1 is 1.13 bits per heavy atom. The molecular formula is C18H18N2O3. The molecule has 1 amide bonds. The maximum Gasteiger partial charge on any atom is 0.427 e. The SMILES string of the molecule is COC(=O)N/N=C\c1ccccc1OC/C=C/c1ccccc1. The number of amides is 1. The molecule has 2 aromatic rings. The number of para-hydroxylation sites is 1. The van der Waals surface area contributed by atoms with Crippen molar-refractivity contribution in [3.63, 3.8) is 0 Å². The first kappa shape index (κ1) is 16.3. The average molecular weight is 310 g/mol. The summed E-state index contributed by atoms with van der Waals surface area (Å²) in [6.45, 7) is 0.435. The standard InChI is InChI=1S/C18H18N2O3/c1-22-18(21)20-19-14-16-11-5-6-12-17(16)23-13-7-10-15-8-3-2-4-9-15/h2-12,14H,13H2,1H3,(H,20,21)/b10-7+,19-14-. The smallest absolute Gasteiger partial charge is 0.427 e. The molecule has 0 aliphatic carbocycles. The van der Waals surface area contributed by atoms with Crippen LogP contribution in [0.5, 0.6) is 5.75 Å². The van der Waals surface area contributed by atoms with E-state index in [2.05, 4.69) is 15.3 Å². The summed E-state index contributed by atoms with van der Waals surface area (Å²) in [6.07, 6.45) is 4.82. The third-order valence-corrected chi connectivity index (χ3v) is 2.91. The molecule has 0 aliphatic heterocycles. The summed E-state index contributed by atoms with van der Waals surface area (Å²) in [5, 5.41) is 3.80. The number of hydrazone groups is 1. The van der Waals surface area contributed by atoms with Crippen molar-refractivity contribution in [3.8, 4) is 5.75 Å². The van der Waals surface area contributed by atoms with Crippen LogP contribution in [0.3, 0.4) is 0 Å². The first-order chi connectivity index (χ1) is 11.3. The summed E-state index contributed by atoms with van der Waals surface area (Å²) >= 11 is 0. The molecule has 1 N–H and O–H groups in total. The van der Waals surface area contributed by atoms with E-state index >= 15 is 0 Å². The van der Waals surface area contributed by atoms with Crippen molar-refractivity contribution in [2.75, 3.05) is 13.7 Å². The van der Waals surface area contributed by atoms with E-state index < -0.39 is 6.09 Å². The Balaban J connectivity index is 1.92. The third-order valence-electron chi connectivity index (χ3n) is 2.91. The summed E-state index contributed by atoms with van der Waals surface area (Å²) in [5.41, 5.74) is 4.12. The molecule has 0 heterocycles. The molecule has 0 unspecified atom stereocenters. The van der Waals surface area contributed by atoms with Gasteiger partial charge in [0.05, 0.1) is 13.3 Å². The van der Waals surface area contributed by atoms with Crippen LogP contribution in [0, 0.1) is 0 Å². The number of nitrogens with zero attached hydrogens (tertiary/aromatic N) is 1. The Bertz CT molecular complexity index is 682. The van der Waals surface area contributed by atoms with Gasteiger partial charge in [-0.05, 0) is 23.8 Å². The van der Waals surface area contributed by atoms with Gasteiger partial charge in [-0.25, -0.2) is 10.2 Å². The summed E-state index contributed by atoms with van der Waals surface area (Å²) < 4.78 is 10.2. The Morgan fingerprint density at radius 2 is 1.87 bits per heavy atom. The van der Waals surface area contributed by atoms with Crippen LogP contribution in [0.1, 0.15) is 11.1 Å². The van der Waals surface area contributed by atoms with Gasteiger partial charge in [0.2, 0.25) is 0 Å². The van der Waals surface area contributed by atoms with Gasteiger partial charge in [-0.3, -0.25) is 0 Å². The Kier molecular flexibility index (Phi) is 6.41. The average Bonchev–Trinajstić information content (AvgIpc) is 2.60. The van der Waals surface area contributed by atoms with Crippen LogP contribution in [-0.4, -0.2) is 26.0 Å². The summed E-state index contributed by atoms with van der Waals surface area (Å²) in [5.74, 6) is 0.681. The highest BCUT2D eigenvalue weighted by molar-refractivity contribution is 5.84. The van der Waals surface area contributed by atoms with E-state index in [0.717, 1.165) is 11.1 Å². The van der Waals surface area contributed by atoms with E-state index in [0.29, 0.717) is 12.4 Å². The van der Waals surface area contributed by atoms with Crippen molar-refractivity contribution >= 4 is 18.4 Å². The molecule has 0 saturated heterocycles. The maximum atomic E-state index is 10.9. The normalized spacial score (nSPS) is 10.8. The van der Waals surface area contributed by atoms with E-state index in [9.17, 15) is 4.79 Å². The molecule has 0 radical (unpaired) electrons. The molecule has 0 aromatic heterocycles. The minimum absolute atomic E-state index is 0.435. The van der Waals surface area contributed by atoms with Gasteiger partial charge < -0.3 is 9.47 Å². The second-order valence-electron chi connectivity index (χ2n) is 4.52. The minimum Gasteiger partial charge on any atom is -0.489 e. The molecule has 5 nitrogen and oxygen atoms in total. The Labute approximate surface area is 135 Å². The number of nitrogens with one attached hydrogen (secondary N) is 1. The molecule has 2 aromatic carbocycles. The molecule has 23 heavy (non-hydrogen) atoms. The van der Waals surface area contributed by atoms with Gasteiger partial charge in [-0.1, -0.05) is 48.5 Å². The minimum atomic E-state index is -0.620. The lowest BCUT2D eigenvalue weighted by molar-refractivity contribution is 0.171. The van der Waals surface area contributed by atoms with Gasteiger partial charge in [0.15, 0.2) is 0 Å². The fourth-order valence-electron chi connectivity index (χ4n) is 1.81. The predicted molar refractivity (Wildman–Crippen MR) is 90.5 cm³/mol. The van der Waals surface area contributed by atoms with Gasteiger partial charge in [0.25, 0.3) is 0 Å². The van der Waals surface area contributed by atoms with Crippen LogP contribution in [0.4, 0.5) is 4.79 Å². The van der Waals surface area contributed by atoms with Crippen molar-refractivity contribution in [1.29, 1.82) is 0 Å². The molecule has 2 rings (SSSR count). The number of methoxy groups -OCH3 is 1. The van der Waals surface area contributed by atoms with Crippen LogP contribution < -0.4 is 10.2 Å². The highest BCUT2D eigenvalue weighted by Gasteiger charge is 2.00. The first-order valence-electron chi connectivity index (χ1n) is 7.10. The number of carbonyl (C=O) groups excluding carboxylic acids is 1. The summed E-state index contributed by atoms with van der Waals surface area (Å²) in [4.78, 5) is 10.9. The zero-order valence-electron chi connectivity index (χ0n) is 12.8. The second kappa shape index (κ2) is 9.04. The van der Waals surface area contributed by atoms with Crippen LogP contribution in [0.15, 0.2) is 65.8 Å². The van der Waals surface area contributed by atoms with Crippen molar-refractivity contribution in [1.82, 2.24) is 5.43 Å². The fourth-order valence-corrected chi connectivity index (χ4v) is 1.81. The van der Waals surface area contributed by atoms with Gasteiger partial charge in [0, 0.05) is 5.56 Å². The van der Waals surface area contributed by atoms with Crippen LogP contribution >= 0.6 is 0 Å². The highest BCUT2D eigenvalue weighted by Crippen LogP contribution is 2.15. The highest BCUT2D eigenvalue weighted by atomic mass is 16.5. The molecule has 0 bridgehead atoms. The number of ether oxygens (including phenoxy) is 2. The molecule has 0 fully saturated rings. The molecule has 0 aliphatic rings. The largest absolute Gasteiger partial charge is 0.489 e. The van der Waals surface area contributed by atoms with Crippen molar-refractivity contribution in [3.05, 3.63) is 71.8 Å². The van der Waals surface area contributed by atoms with E-state index in [1.54, 1.807) is 0 Å². The van der Waals surface area contributed by atoms with Crippen molar-refractivity contribution in [2.24, 2.45) is 5.10 Å². The summed E-state index contributed by atoms with van der Waals surface area (Å²) in [6, 6.07) is 17.4. The lowest BCUT2D eigenvalue weighted by atomic mass is 10.2. The maximum absolute atomic E-state index is 10.9. The topological polar surface area (TPSA) is 59.9 Å². The number of rotatable bonds is 6. The van der Waals surface area contributed by atoms with E-state index in [1.807, 2.05) is 66.7 Å². The first-order valence-corrected chi connectivity index (χ1v) is 7.10. The van der Waals surface area contributed by atoms with Gasteiger partial charge >= 0.3 is 6.09 Å². The number of hydrogen-bond donors (Lipinski definition) is 1. The summed E-state index contributed by atoms with van der Waals surface area (Å²) in [7, 11) is 1.28. The van der Waals surface area contributed by atoms with Gasteiger partial charge in [-0.2, -0.15) is 5.10 Å². The van der Waals surface area contributed by atoms with Crippen LogP contribution in [0.2, 0.25) is 0 Å². The lowest BCUT2D eigenvalue weighted by Crippen LogP contribution is -2.16. The number of carbonyl (C=O) groups is 1. The Hall–Kier alpha value is -3.08. The molecule has 0 saturated carbocycles. The lowest BCUT2D eigenvalue weighted by Gasteiger charge is -2.06. The van der Waals surface area contributed by atoms with Gasteiger partial charge in [-0.15, -0.1) is 0 Å². The quantitative estimate of drug-likeness (QED) is 0.656. The predicted octanol–water partition coefficient (Wildman–Crippen LogP) is 3.47. The zero-order valence-corrected chi connectivity index (χ0v) is 12.8. The number of hydrogen-bond acceptors (Lipinski definition) is 4. The van der Waals surface area contributed by atoms with Crippen molar-refractivity contribution in [2.45, 2.75) is 0 Å². The second-order valence-corrected chi connectivity index (χ2v) is 4.52. The molecule has 118 valence electrons. The van der Waals surface area contributed by atoms with Crippen LogP contribution in [0.25, 0.3) is 6.08 Å². The zero-order chi connectivity index (χ0) is 16.3. The van der Waals surface area contributed by atoms with E-state index in [-0.39, 0.29) is 0 Å².